The van der Waals surface area contributed by atoms with Crippen molar-refractivity contribution < 1.29 is 24.2 Å². The minimum atomic E-state index is -0.799. The van der Waals surface area contributed by atoms with Crippen LogP contribution in [0.5, 0.6) is 5.75 Å². The fourth-order valence-corrected chi connectivity index (χ4v) is 3.77. The Balaban J connectivity index is 2.55. The highest BCUT2D eigenvalue weighted by Gasteiger charge is 2.26. The second kappa shape index (κ2) is 8.19. The fourth-order valence-electron chi connectivity index (χ4n) is 3.77. The van der Waals surface area contributed by atoms with Gasteiger partial charge in [-0.2, -0.15) is 0 Å². The van der Waals surface area contributed by atoms with Gasteiger partial charge in [0.2, 0.25) is 0 Å². The number of aromatic hydroxyl groups is 1. The van der Waals surface area contributed by atoms with Crippen molar-refractivity contribution in [2.24, 2.45) is 5.92 Å². The number of esters is 2. The lowest BCUT2D eigenvalue weighted by molar-refractivity contribution is 0.0552. The quantitative estimate of drug-likeness (QED) is 0.780. The van der Waals surface area contributed by atoms with Crippen molar-refractivity contribution in [3.63, 3.8) is 0 Å². The van der Waals surface area contributed by atoms with Gasteiger partial charge in [0.25, 0.3) is 0 Å². The van der Waals surface area contributed by atoms with Crippen LogP contribution in [0, 0.1) is 5.92 Å². The molecule has 0 amide bonds. The molecule has 0 aromatic heterocycles. The summed E-state index contributed by atoms with van der Waals surface area (Å²) in [6.45, 7) is 8.27. The summed E-state index contributed by atoms with van der Waals surface area (Å²) in [5.41, 5.74) is 4.86. The van der Waals surface area contributed by atoms with Crippen LogP contribution in [0.2, 0.25) is 0 Å². The third kappa shape index (κ3) is 3.52. The van der Waals surface area contributed by atoms with E-state index in [1.165, 1.54) is 19.8 Å². The van der Waals surface area contributed by atoms with Crippen LogP contribution in [-0.2, 0) is 9.47 Å². The van der Waals surface area contributed by atoms with Crippen LogP contribution in [0.4, 0.5) is 0 Å². The largest absolute Gasteiger partial charge is 0.506 e. The summed E-state index contributed by atoms with van der Waals surface area (Å²) in [4.78, 5) is 24.9. The molecule has 1 aromatic carbocycles. The average molecular weight is 406 g/mol. The summed E-state index contributed by atoms with van der Waals surface area (Å²) in [6.07, 6.45) is 9.95. The smallest absolute Gasteiger partial charge is 0.342 e. The molecule has 5 nitrogen and oxygen atoms in total. The Hall–Kier alpha value is -3.34. The van der Waals surface area contributed by atoms with Crippen LogP contribution in [0.3, 0.4) is 0 Å². The molecule has 0 saturated heterocycles. The van der Waals surface area contributed by atoms with E-state index in [0.29, 0.717) is 16.4 Å². The first-order valence-electron chi connectivity index (χ1n) is 9.78. The highest BCUT2D eigenvalue weighted by Crippen LogP contribution is 2.33. The van der Waals surface area contributed by atoms with Gasteiger partial charge in [0.05, 0.1) is 19.8 Å². The molecule has 0 fully saturated rings. The number of carbonyl (C=O) groups excluding carboxylic acids is 2. The summed E-state index contributed by atoms with van der Waals surface area (Å²) in [5, 5.41) is 12.1. The molecule has 0 aliphatic heterocycles. The zero-order valence-electron chi connectivity index (χ0n) is 18.1. The first-order valence-corrected chi connectivity index (χ1v) is 9.78. The number of benzene rings is 1. The molecule has 0 radical (unpaired) electrons. The Bertz CT molecular complexity index is 1190. The number of allylic oxidation sites excluding steroid dienone is 8. The van der Waals surface area contributed by atoms with Crippen molar-refractivity contribution in [3.05, 3.63) is 74.2 Å². The number of carbonyl (C=O) groups is 2. The molecule has 0 spiro atoms. The molecule has 0 saturated carbocycles. The minimum Gasteiger partial charge on any atom is -0.506 e. The fraction of sp³-hybridized carbons (Fsp3) is 0.280. The van der Waals surface area contributed by atoms with Crippen molar-refractivity contribution in [2.45, 2.75) is 27.7 Å². The van der Waals surface area contributed by atoms with Crippen LogP contribution in [0.1, 0.15) is 48.4 Å². The van der Waals surface area contributed by atoms with E-state index < -0.39 is 11.9 Å². The SMILES string of the molecule is COC(=O)c1cc2c(c(O)c1C(=O)OC)=CC=C(C)C1=CC(C(C)C)=CC=C(C)C=21. The summed E-state index contributed by atoms with van der Waals surface area (Å²) in [6, 6.07) is 1.61. The van der Waals surface area contributed by atoms with Crippen LogP contribution in [-0.4, -0.2) is 31.3 Å². The van der Waals surface area contributed by atoms with Crippen LogP contribution in [0.25, 0.3) is 11.6 Å². The number of phenolic OH excluding ortho intramolecular Hbond substituents is 1. The zero-order chi connectivity index (χ0) is 22.2. The van der Waals surface area contributed by atoms with Crippen molar-refractivity contribution in [1.29, 1.82) is 0 Å². The van der Waals surface area contributed by atoms with Crippen molar-refractivity contribution in [2.75, 3.05) is 14.2 Å². The number of phenols is 1. The van der Waals surface area contributed by atoms with Gasteiger partial charge in [0.15, 0.2) is 0 Å². The molecular formula is C25H26O5. The number of fused-ring (bicyclic) bond motifs is 2. The van der Waals surface area contributed by atoms with Crippen molar-refractivity contribution >= 4 is 23.6 Å². The number of rotatable bonds is 3. The van der Waals surface area contributed by atoms with E-state index in [9.17, 15) is 14.7 Å². The highest BCUT2D eigenvalue weighted by atomic mass is 16.5. The number of ether oxygens (including phenoxy) is 2. The Morgan fingerprint density at radius 3 is 2.17 bits per heavy atom. The molecule has 0 unspecified atom stereocenters. The Morgan fingerprint density at radius 1 is 0.933 bits per heavy atom. The van der Waals surface area contributed by atoms with Gasteiger partial charge in [-0.25, -0.2) is 9.59 Å². The molecule has 5 heteroatoms. The average Bonchev–Trinajstić information content (AvgIpc) is 2.97. The summed E-state index contributed by atoms with van der Waals surface area (Å²) >= 11 is 0. The van der Waals surface area contributed by atoms with Crippen LogP contribution in [0.15, 0.2) is 52.7 Å². The van der Waals surface area contributed by atoms with Gasteiger partial charge in [-0.1, -0.05) is 44.2 Å². The third-order valence-corrected chi connectivity index (χ3v) is 5.50. The molecule has 2 aliphatic carbocycles. The lowest BCUT2D eigenvalue weighted by atomic mass is 9.89. The van der Waals surface area contributed by atoms with E-state index in [4.69, 9.17) is 9.47 Å². The van der Waals surface area contributed by atoms with Gasteiger partial charge in [0, 0.05) is 5.22 Å². The second-order valence-electron chi connectivity index (χ2n) is 7.71. The van der Waals surface area contributed by atoms with Crippen molar-refractivity contribution in [1.82, 2.24) is 0 Å². The maximum Gasteiger partial charge on any atom is 0.342 e. The second-order valence-corrected chi connectivity index (χ2v) is 7.71. The number of hydrogen-bond donors (Lipinski definition) is 1. The first-order chi connectivity index (χ1) is 14.2. The van der Waals surface area contributed by atoms with E-state index >= 15 is 0 Å². The predicted molar refractivity (Wildman–Crippen MR) is 116 cm³/mol. The lowest BCUT2D eigenvalue weighted by Gasteiger charge is -2.15. The molecule has 2 aliphatic rings. The summed E-state index contributed by atoms with van der Waals surface area (Å²) in [7, 11) is 2.44. The molecule has 30 heavy (non-hydrogen) atoms. The van der Waals surface area contributed by atoms with E-state index in [-0.39, 0.29) is 16.9 Å². The molecule has 0 heterocycles. The van der Waals surface area contributed by atoms with Gasteiger partial charge in [0.1, 0.15) is 11.3 Å². The summed E-state index contributed by atoms with van der Waals surface area (Å²) in [5.74, 6) is -1.48. The molecule has 0 bridgehead atoms. The zero-order valence-corrected chi connectivity index (χ0v) is 18.1. The molecule has 3 rings (SSSR count). The monoisotopic (exact) mass is 406 g/mol. The van der Waals surface area contributed by atoms with Crippen molar-refractivity contribution in [3.8, 4) is 5.75 Å². The first kappa shape index (κ1) is 21.4. The van der Waals surface area contributed by atoms with Crippen LogP contribution >= 0.6 is 0 Å². The van der Waals surface area contributed by atoms with Gasteiger partial charge in [-0.3, -0.25) is 0 Å². The van der Waals surface area contributed by atoms with Crippen LogP contribution < -0.4 is 10.4 Å². The molecular weight excluding hydrogens is 380 g/mol. The molecule has 1 N–H and O–H groups in total. The van der Waals surface area contributed by atoms with E-state index in [0.717, 1.165) is 22.3 Å². The maximum absolute atomic E-state index is 12.5. The van der Waals surface area contributed by atoms with Gasteiger partial charge < -0.3 is 14.6 Å². The molecule has 1 aromatic rings. The normalized spacial score (nSPS) is 15.4. The Labute approximate surface area is 176 Å². The predicted octanol–water partition coefficient (Wildman–Crippen LogP) is 3.33. The van der Waals surface area contributed by atoms with E-state index in [1.807, 2.05) is 26.0 Å². The lowest BCUT2D eigenvalue weighted by Crippen LogP contribution is -2.32. The Morgan fingerprint density at radius 2 is 1.57 bits per heavy atom. The summed E-state index contributed by atoms with van der Waals surface area (Å²) < 4.78 is 9.69. The van der Waals surface area contributed by atoms with E-state index in [1.54, 1.807) is 12.1 Å². The topological polar surface area (TPSA) is 72.8 Å². The van der Waals surface area contributed by atoms with Gasteiger partial charge >= 0.3 is 11.9 Å². The maximum atomic E-state index is 12.5. The standard InChI is InChI=1S/C25H26O5/c1-13(2)16-9-7-15(4)21-18(11-16)14(3)8-10-17-19(21)12-20(24(27)29-5)22(23(17)26)25(28)30-6/h7-13,26H,1-6H3. The minimum absolute atomic E-state index is 0.0329. The number of hydrogen-bond acceptors (Lipinski definition) is 5. The molecule has 0 atom stereocenters. The van der Waals surface area contributed by atoms with E-state index in [2.05, 4.69) is 26.0 Å². The molecule has 156 valence electrons. The third-order valence-electron chi connectivity index (χ3n) is 5.50. The highest BCUT2D eigenvalue weighted by molar-refractivity contribution is 6.05. The van der Waals surface area contributed by atoms with Gasteiger partial charge in [-0.15, -0.1) is 0 Å². The van der Waals surface area contributed by atoms with Gasteiger partial charge in [-0.05, 0) is 58.9 Å². The number of methoxy groups -OCH3 is 2. The Kier molecular flexibility index (Phi) is 5.83.